The van der Waals surface area contributed by atoms with Crippen molar-refractivity contribution in [2.45, 2.75) is 24.4 Å². The van der Waals surface area contributed by atoms with Gasteiger partial charge in [0.25, 0.3) is 0 Å². The van der Waals surface area contributed by atoms with Crippen LogP contribution in [0.3, 0.4) is 0 Å². The van der Waals surface area contributed by atoms with Gasteiger partial charge < -0.3 is 30.3 Å². The molecule has 16 heteroatoms. The van der Waals surface area contributed by atoms with Crippen LogP contribution in [-0.4, -0.2) is 89.5 Å². The number of hydrogen-bond acceptors (Lipinski definition) is 8. The van der Waals surface area contributed by atoms with Crippen LogP contribution in [0.25, 0.3) is 0 Å². The number of aliphatic carboxylic acids is 2. The second kappa shape index (κ2) is 12.5. The number of nitrogens with one attached hydrogen (secondary N) is 2. The van der Waals surface area contributed by atoms with Gasteiger partial charge in [0.2, 0.25) is 5.95 Å². The van der Waals surface area contributed by atoms with Crippen LogP contribution in [0.5, 0.6) is 0 Å². The Balaban J connectivity index is 0.000000324. The molecule has 0 aromatic carbocycles. The fraction of sp³-hybridized carbons (Fsp3) is 0.647. The molecule has 0 saturated carbocycles. The molecule has 2 aliphatic heterocycles. The van der Waals surface area contributed by atoms with Crippen molar-refractivity contribution in [2.24, 2.45) is 5.92 Å². The molecule has 0 radical (unpaired) electrons. The van der Waals surface area contributed by atoms with Crippen LogP contribution >= 0.6 is 0 Å². The molecule has 3 heterocycles. The van der Waals surface area contributed by atoms with E-state index in [1.807, 2.05) is 6.07 Å². The fourth-order valence-corrected chi connectivity index (χ4v) is 2.69. The van der Waals surface area contributed by atoms with Crippen molar-refractivity contribution in [2.75, 3.05) is 44.8 Å². The molecule has 2 fully saturated rings. The lowest BCUT2D eigenvalue weighted by Crippen LogP contribution is -2.42. The summed E-state index contributed by atoms with van der Waals surface area (Å²) in [5.74, 6) is -4.36. The Morgan fingerprint density at radius 1 is 1.12 bits per heavy atom. The van der Waals surface area contributed by atoms with Crippen LogP contribution in [0.1, 0.15) is 6.42 Å². The van der Waals surface area contributed by atoms with Gasteiger partial charge in [-0.05, 0) is 12.5 Å². The first kappa shape index (κ1) is 28.3. The maximum atomic E-state index is 10.6. The quantitative estimate of drug-likeness (QED) is 0.459. The average molecular weight is 492 g/mol. The van der Waals surface area contributed by atoms with Gasteiger partial charge in [0.05, 0.1) is 19.8 Å². The highest BCUT2D eigenvalue weighted by Gasteiger charge is 2.41. The van der Waals surface area contributed by atoms with Crippen molar-refractivity contribution in [3.63, 3.8) is 0 Å². The van der Waals surface area contributed by atoms with Gasteiger partial charge in [-0.1, -0.05) is 0 Å². The van der Waals surface area contributed by atoms with Crippen LogP contribution < -0.4 is 10.6 Å². The largest absolute Gasteiger partial charge is 0.490 e. The second-order valence-corrected chi connectivity index (χ2v) is 6.85. The maximum Gasteiger partial charge on any atom is 0.490 e. The Kier molecular flexibility index (Phi) is 10.7. The van der Waals surface area contributed by atoms with Crippen molar-refractivity contribution in [1.29, 1.82) is 0 Å². The molecule has 0 bridgehead atoms. The second-order valence-electron chi connectivity index (χ2n) is 6.85. The summed E-state index contributed by atoms with van der Waals surface area (Å²) in [6.45, 7) is 4.86. The number of halogens is 6. The van der Waals surface area contributed by atoms with E-state index in [0.717, 1.165) is 39.3 Å². The Labute approximate surface area is 183 Å². The predicted octanol–water partition coefficient (Wildman–Crippen LogP) is 1.55. The van der Waals surface area contributed by atoms with E-state index >= 15 is 0 Å². The van der Waals surface area contributed by atoms with Gasteiger partial charge in [0.15, 0.2) is 0 Å². The van der Waals surface area contributed by atoms with Crippen LogP contribution in [0, 0.1) is 5.92 Å². The summed E-state index contributed by atoms with van der Waals surface area (Å²) in [4.78, 5) is 26.1. The normalized spacial score (nSPS) is 22.8. The molecule has 4 N–H and O–H groups in total. The van der Waals surface area contributed by atoms with Crippen molar-refractivity contribution < 1.29 is 55.6 Å². The van der Waals surface area contributed by atoms with Crippen molar-refractivity contribution in [1.82, 2.24) is 15.3 Å². The van der Waals surface area contributed by atoms with E-state index in [-0.39, 0.29) is 5.60 Å². The molecule has 0 aliphatic carbocycles. The molecule has 2 aliphatic rings. The Hall–Kier alpha value is -2.72. The summed E-state index contributed by atoms with van der Waals surface area (Å²) >= 11 is 0. The number of carbonyl (C=O) groups is 2. The summed E-state index contributed by atoms with van der Waals surface area (Å²) in [6, 6.07) is 1.81. The first-order chi connectivity index (χ1) is 15.3. The number of nitrogens with zero attached hydrogens (tertiary/aromatic N) is 2. The van der Waals surface area contributed by atoms with Crippen LogP contribution in [0.4, 0.5) is 32.3 Å². The molecule has 33 heavy (non-hydrogen) atoms. The molecule has 10 nitrogen and oxygen atoms in total. The molecular formula is C17H22F6N4O6. The Morgan fingerprint density at radius 2 is 1.67 bits per heavy atom. The molecular weight excluding hydrogens is 470 g/mol. The zero-order valence-corrected chi connectivity index (χ0v) is 16.9. The van der Waals surface area contributed by atoms with Crippen LogP contribution in [0.15, 0.2) is 18.5 Å². The molecule has 2 atom stereocenters. The molecule has 1 spiro atoms. The van der Waals surface area contributed by atoms with E-state index in [1.54, 1.807) is 12.4 Å². The molecule has 2 unspecified atom stereocenters. The van der Waals surface area contributed by atoms with E-state index < -0.39 is 24.3 Å². The topological polar surface area (TPSA) is 143 Å². The number of carboxylic acids is 2. The third-order valence-electron chi connectivity index (χ3n) is 4.12. The minimum Gasteiger partial charge on any atom is -0.475 e. The lowest BCUT2D eigenvalue weighted by Gasteiger charge is -2.25. The minimum atomic E-state index is -5.08. The summed E-state index contributed by atoms with van der Waals surface area (Å²) in [6.07, 6.45) is -5.67. The Bertz CT molecular complexity index is 718. The number of anilines is 1. The molecule has 0 amide bonds. The van der Waals surface area contributed by atoms with Gasteiger partial charge in [0, 0.05) is 37.9 Å². The molecule has 1 aromatic heterocycles. The van der Waals surface area contributed by atoms with Gasteiger partial charge in [0.1, 0.15) is 5.60 Å². The van der Waals surface area contributed by atoms with E-state index in [1.165, 1.54) is 0 Å². The summed E-state index contributed by atoms with van der Waals surface area (Å²) in [7, 11) is 0. The van der Waals surface area contributed by atoms with Gasteiger partial charge in [-0.2, -0.15) is 26.3 Å². The van der Waals surface area contributed by atoms with E-state index in [2.05, 4.69) is 20.6 Å². The summed E-state index contributed by atoms with van der Waals surface area (Å²) < 4.78 is 75.1. The minimum absolute atomic E-state index is 0.139. The Morgan fingerprint density at radius 3 is 2.18 bits per heavy atom. The van der Waals surface area contributed by atoms with E-state index in [4.69, 9.17) is 29.3 Å². The molecule has 2 saturated heterocycles. The lowest BCUT2D eigenvalue weighted by molar-refractivity contribution is -0.193. The molecule has 188 valence electrons. The fourth-order valence-electron chi connectivity index (χ4n) is 2.69. The number of aromatic nitrogens is 2. The van der Waals surface area contributed by atoms with Crippen LogP contribution in [-0.2, 0) is 19.1 Å². The average Bonchev–Trinajstić information content (AvgIpc) is 2.97. The number of carboxylic acid groups (broad SMARTS) is 2. The zero-order valence-electron chi connectivity index (χ0n) is 16.9. The molecule has 1 aromatic rings. The monoisotopic (exact) mass is 492 g/mol. The zero-order chi connectivity index (χ0) is 25.1. The highest BCUT2D eigenvalue weighted by Crippen LogP contribution is 2.31. The number of ether oxygens (including phenoxy) is 2. The third kappa shape index (κ3) is 11.1. The highest BCUT2D eigenvalue weighted by molar-refractivity contribution is 5.73. The first-order valence-electron chi connectivity index (χ1n) is 9.29. The summed E-state index contributed by atoms with van der Waals surface area (Å²) in [5, 5.41) is 20.9. The van der Waals surface area contributed by atoms with Gasteiger partial charge >= 0.3 is 24.3 Å². The van der Waals surface area contributed by atoms with Gasteiger partial charge in [-0.15, -0.1) is 0 Å². The standard InChI is InChI=1S/C13H20N4O2.2C2HF3O2/c1-2-15-12(16-3-1)17-7-11-6-13(19-8-11)9-14-4-5-18-10-13;2*3-2(4,5)1(6)7/h1-3,11,14H,4-10H2,(H,15,16,17);2*(H,6,7). The van der Waals surface area contributed by atoms with Crippen molar-refractivity contribution >= 4 is 17.9 Å². The van der Waals surface area contributed by atoms with Gasteiger partial charge in [-0.25, -0.2) is 19.6 Å². The predicted molar refractivity (Wildman–Crippen MR) is 98.4 cm³/mol. The number of hydrogen-bond donors (Lipinski definition) is 4. The highest BCUT2D eigenvalue weighted by atomic mass is 19.4. The smallest absolute Gasteiger partial charge is 0.475 e. The van der Waals surface area contributed by atoms with Crippen LogP contribution in [0.2, 0.25) is 0 Å². The maximum absolute atomic E-state index is 10.6. The van der Waals surface area contributed by atoms with Crippen molar-refractivity contribution in [3.05, 3.63) is 18.5 Å². The lowest BCUT2D eigenvalue weighted by atomic mass is 9.95. The van der Waals surface area contributed by atoms with E-state index in [0.29, 0.717) is 18.5 Å². The number of alkyl halides is 6. The summed E-state index contributed by atoms with van der Waals surface area (Å²) in [5.41, 5.74) is -0.139. The SMILES string of the molecule is O=C(O)C(F)(F)F.O=C(O)C(F)(F)F.c1cnc(NCC2COC3(CNCCOC3)C2)nc1. The van der Waals surface area contributed by atoms with Crippen molar-refractivity contribution in [3.8, 4) is 0 Å². The first-order valence-corrected chi connectivity index (χ1v) is 9.29. The third-order valence-corrected chi connectivity index (χ3v) is 4.12. The number of rotatable bonds is 3. The molecule has 3 rings (SSSR count). The van der Waals surface area contributed by atoms with Gasteiger partial charge in [-0.3, -0.25) is 0 Å². The van der Waals surface area contributed by atoms with E-state index in [9.17, 15) is 26.3 Å².